The summed E-state index contributed by atoms with van der Waals surface area (Å²) in [7, 11) is 0. The summed E-state index contributed by atoms with van der Waals surface area (Å²) in [6.07, 6.45) is 0. The zero-order chi connectivity index (χ0) is 25.1. The quantitative estimate of drug-likeness (QED) is 0.429. The van der Waals surface area contributed by atoms with E-state index in [1.54, 1.807) is 0 Å². The average Bonchev–Trinajstić information content (AvgIpc) is 3.47. The third-order valence-corrected chi connectivity index (χ3v) is 9.22. The van der Waals surface area contributed by atoms with Crippen LogP contribution in [-0.4, -0.2) is 11.4 Å². The maximum atomic E-state index is 5.05. The Morgan fingerprint density at radius 3 is 1.23 bits per heavy atom. The highest BCUT2D eigenvalue weighted by Gasteiger charge is 2.36. The van der Waals surface area contributed by atoms with Gasteiger partial charge < -0.3 is 0 Å². The van der Waals surface area contributed by atoms with Crippen molar-refractivity contribution in [3.8, 4) is 0 Å². The first-order valence-corrected chi connectivity index (χ1v) is 12.7. The van der Waals surface area contributed by atoms with Crippen LogP contribution in [-0.2, 0) is 5.41 Å². The van der Waals surface area contributed by atoms with E-state index >= 15 is 0 Å². The van der Waals surface area contributed by atoms with Gasteiger partial charge in [0.15, 0.2) is 0 Å². The van der Waals surface area contributed by atoms with Crippen LogP contribution < -0.4 is 0 Å². The molecule has 0 amide bonds. The first kappa shape index (κ1) is 22.2. The fourth-order valence-electron chi connectivity index (χ4n) is 6.67. The molecule has 2 aliphatic heterocycles. The number of aliphatic imine (C=N–C) groups is 2. The van der Waals surface area contributed by atoms with Crippen molar-refractivity contribution in [2.45, 2.75) is 74.7 Å². The second-order valence-corrected chi connectivity index (χ2v) is 11.4. The highest BCUT2D eigenvalue weighted by atomic mass is 14.8. The minimum absolute atomic E-state index is 0.154. The first-order valence-electron chi connectivity index (χ1n) is 12.7. The monoisotopic (exact) mass is 458 g/mol. The SMILES string of the molecule is CC1=C(C)C(C)=C2C1=Nc1cc(C)c(C(C)(C)c3cc4c(cc3C)N=C3C(C)=C(C)C(C)=C34)cc12. The predicted octanol–water partition coefficient (Wildman–Crippen LogP) is 9.05. The molecule has 2 heterocycles. The Hall–Kier alpha value is -3.26. The average molecular weight is 459 g/mol. The standard InChI is InChI=1S/C33H34N2/c1-15-11-27-23(29-19(5)17(3)21(7)31(29)34-27)13-25(15)33(9,10)26-14-24-28(12-16(26)2)35-32-22(8)18(4)20(6)30(24)32/h11-14H,1-10H3. The molecule has 176 valence electrons. The maximum Gasteiger partial charge on any atom is 0.0750 e. The van der Waals surface area contributed by atoms with Crippen molar-refractivity contribution >= 4 is 33.9 Å². The normalized spacial score (nSPS) is 18.5. The van der Waals surface area contributed by atoms with Crippen LogP contribution in [0.5, 0.6) is 0 Å². The molecule has 0 fully saturated rings. The lowest BCUT2D eigenvalue weighted by molar-refractivity contribution is 0.631. The topological polar surface area (TPSA) is 24.7 Å². The van der Waals surface area contributed by atoms with Crippen LogP contribution in [0.3, 0.4) is 0 Å². The summed E-state index contributed by atoms with van der Waals surface area (Å²) in [6.45, 7) is 22.6. The van der Waals surface area contributed by atoms with Crippen LogP contribution in [0.15, 0.2) is 67.7 Å². The molecule has 35 heavy (non-hydrogen) atoms. The lowest BCUT2D eigenvalue weighted by atomic mass is 9.73. The predicted molar refractivity (Wildman–Crippen MR) is 151 cm³/mol. The molecule has 2 nitrogen and oxygen atoms in total. The lowest BCUT2D eigenvalue weighted by Gasteiger charge is -2.31. The van der Waals surface area contributed by atoms with Crippen molar-refractivity contribution < 1.29 is 0 Å². The van der Waals surface area contributed by atoms with E-state index in [2.05, 4.69) is 93.5 Å². The first-order chi connectivity index (χ1) is 16.4. The summed E-state index contributed by atoms with van der Waals surface area (Å²) in [5.41, 5.74) is 23.1. The van der Waals surface area contributed by atoms with Gasteiger partial charge in [-0.3, -0.25) is 0 Å². The van der Waals surface area contributed by atoms with Crippen molar-refractivity contribution in [1.29, 1.82) is 0 Å². The number of rotatable bonds is 2. The van der Waals surface area contributed by atoms with Crippen molar-refractivity contribution in [2.75, 3.05) is 0 Å². The maximum absolute atomic E-state index is 5.05. The molecule has 0 bridgehead atoms. The van der Waals surface area contributed by atoms with E-state index in [4.69, 9.17) is 9.98 Å². The molecule has 2 heteroatoms. The molecular weight excluding hydrogens is 424 g/mol. The van der Waals surface area contributed by atoms with Gasteiger partial charge in [0.1, 0.15) is 0 Å². The van der Waals surface area contributed by atoms with E-state index in [1.807, 2.05) is 0 Å². The smallest absolute Gasteiger partial charge is 0.0750 e. The van der Waals surface area contributed by atoms with Gasteiger partial charge in [0.2, 0.25) is 0 Å². The van der Waals surface area contributed by atoms with Gasteiger partial charge in [-0.25, -0.2) is 9.98 Å². The number of nitrogens with zero attached hydrogens (tertiary/aromatic N) is 2. The zero-order valence-electron chi connectivity index (χ0n) is 22.7. The van der Waals surface area contributed by atoms with Gasteiger partial charge in [-0.15, -0.1) is 0 Å². The molecule has 0 unspecified atom stereocenters. The Morgan fingerprint density at radius 1 is 0.486 bits per heavy atom. The van der Waals surface area contributed by atoms with Crippen molar-refractivity contribution in [3.05, 3.63) is 91.1 Å². The Labute approximate surface area is 209 Å². The third kappa shape index (κ3) is 2.71. The molecule has 0 saturated heterocycles. The highest BCUT2D eigenvalue weighted by Crippen LogP contribution is 2.50. The van der Waals surface area contributed by atoms with Crippen molar-refractivity contribution in [2.24, 2.45) is 9.98 Å². The van der Waals surface area contributed by atoms with E-state index in [0.717, 1.165) is 11.4 Å². The Kier molecular flexibility index (Phi) is 4.38. The van der Waals surface area contributed by atoms with Gasteiger partial charge >= 0.3 is 0 Å². The van der Waals surface area contributed by atoms with Crippen LogP contribution in [0, 0.1) is 13.8 Å². The molecule has 0 aromatic heterocycles. The second-order valence-electron chi connectivity index (χ2n) is 11.4. The number of hydrogen-bond acceptors (Lipinski definition) is 2. The van der Waals surface area contributed by atoms with Gasteiger partial charge in [-0.05, 0) is 135 Å². The Bertz CT molecular complexity index is 1490. The zero-order valence-corrected chi connectivity index (χ0v) is 22.7. The van der Waals surface area contributed by atoms with Crippen molar-refractivity contribution in [1.82, 2.24) is 0 Å². The van der Waals surface area contributed by atoms with Gasteiger partial charge in [0.25, 0.3) is 0 Å². The largest absolute Gasteiger partial charge is 0.247 e. The van der Waals surface area contributed by atoms with Crippen molar-refractivity contribution in [3.63, 3.8) is 0 Å². The van der Waals surface area contributed by atoms with Gasteiger partial charge in [-0.1, -0.05) is 13.8 Å². The van der Waals surface area contributed by atoms with E-state index < -0.39 is 0 Å². The highest BCUT2D eigenvalue weighted by molar-refractivity contribution is 6.40. The molecule has 2 aliphatic carbocycles. The van der Waals surface area contributed by atoms with Gasteiger partial charge in [0.05, 0.1) is 22.8 Å². The van der Waals surface area contributed by atoms with Crippen LogP contribution >= 0.6 is 0 Å². The summed E-state index contributed by atoms with van der Waals surface area (Å²) in [4.78, 5) is 10.1. The summed E-state index contributed by atoms with van der Waals surface area (Å²) in [5, 5.41) is 0. The summed E-state index contributed by atoms with van der Waals surface area (Å²) in [5.74, 6) is 0. The van der Waals surface area contributed by atoms with Crippen LogP contribution in [0.4, 0.5) is 11.4 Å². The second kappa shape index (κ2) is 6.91. The minimum atomic E-state index is -0.154. The molecule has 0 atom stereocenters. The molecule has 0 spiro atoms. The van der Waals surface area contributed by atoms with E-state index in [9.17, 15) is 0 Å². The molecule has 2 aromatic rings. The minimum Gasteiger partial charge on any atom is -0.247 e. The number of fused-ring (bicyclic) bond motifs is 6. The van der Waals surface area contributed by atoms with E-state index in [1.165, 1.54) is 89.4 Å². The molecule has 0 radical (unpaired) electrons. The number of benzene rings is 2. The van der Waals surface area contributed by atoms with Gasteiger partial charge in [0, 0.05) is 27.7 Å². The number of hydrogen-bond donors (Lipinski definition) is 0. The third-order valence-electron chi connectivity index (χ3n) is 9.22. The molecule has 0 N–H and O–H groups in total. The van der Waals surface area contributed by atoms with Crippen LogP contribution in [0.1, 0.15) is 88.8 Å². The lowest BCUT2D eigenvalue weighted by Crippen LogP contribution is -2.22. The summed E-state index contributed by atoms with van der Waals surface area (Å²) in [6, 6.07) is 9.45. The molecular formula is C33H34N2. The molecule has 6 rings (SSSR count). The summed E-state index contributed by atoms with van der Waals surface area (Å²) >= 11 is 0. The molecule has 4 aliphatic rings. The summed E-state index contributed by atoms with van der Waals surface area (Å²) < 4.78 is 0. The number of aryl methyl sites for hydroxylation is 2. The molecule has 0 saturated carbocycles. The van der Waals surface area contributed by atoms with Crippen LogP contribution in [0.2, 0.25) is 0 Å². The Balaban J connectivity index is 1.50. The Morgan fingerprint density at radius 2 is 0.857 bits per heavy atom. The number of allylic oxidation sites excluding steroid dienone is 8. The van der Waals surface area contributed by atoms with E-state index in [0.29, 0.717) is 0 Å². The van der Waals surface area contributed by atoms with Gasteiger partial charge in [-0.2, -0.15) is 0 Å². The fraction of sp³-hybridized carbons (Fsp3) is 0.333. The fourth-order valence-corrected chi connectivity index (χ4v) is 6.67. The molecule has 2 aromatic carbocycles. The van der Waals surface area contributed by atoms with E-state index in [-0.39, 0.29) is 5.41 Å². The van der Waals surface area contributed by atoms with Crippen LogP contribution in [0.25, 0.3) is 11.1 Å².